The number of benzene rings is 3. The smallest absolute Gasteiger partial charge is 0.255 e. The molecule has 1 aliphatic heterocycles. The number of nitrogens with one attached hydrogen (secondary N) is 1. The summed E-state index contributed by atoms with van der Waals surface area (Å²) in [4.78, 5) is 29.7. The van der Waals surface area contributed by atoms with Gasteiger partial charge in [-0.05, 0) is 61.0 Å². The standard InChI is InChI=1S/C28H28Cl3N3O4/c1-3-14-38-21-7-4-18(5-8-21)28(36)34-12-10-33(11-13-34)25-9-6-20(17-22(25)29)32-27(35)19-15-23(30)26(37-2)24(31)16-19/h4-9,15-17H,3,10-14H2,1-2H3,(H,32,35). The summed E-state index contributed by atoms with van der Waals surface area (Å²) >= 11 is 18.9. The van der Waals surface area contributed by atoms with Gasteiger partial charge in [-0.15, -0.1) is 0 Å². The maximum Gasteiger partial charge on any atom is 0.255 e. The number of hydrogen-bond donors (Lipinski definition) is 1. The Hall–Kier alpha value is -3.13. The van der Waals surface area contributed by atoms with E-state index in [1.165, 1.54) is 19.2 Å². The van der Waals surface area contributed by atoms with Crippen molar-refractivity contribution in [1.82, 2.24) is 4.90 Å². The molecule has 38 heavy (non-hydrogen) atoms. The molecule has 0 unspecified atom stereocenters. The summed E-state index contributed by atoms with van der Waals surface area (Å²) in [6.45, 7) is 5.11. The van der Waals surface area contributed by atoms with Crippen LogP contribution in [0.15, 0.2) is 54.6 Å². The molecule has 0 saturated carbocycles. The fourth-order valence-corrected chi connectivity index (χ4v) is 5.12. The minimum atomic E-state index is -0.377. The molecular formula is C28H28Cl3N3O4. The Morgan fingerprint density at radius 1 is 0.868 bits per heavy atom. The molecular weight excluding hydrogens is 549 g/mol. The molecule has 3 aromatic rings. The Kier molecular flexibility index (Phi) is 9.26. The zero-order valence-corrected chi connectivity index (χ0v) is 23.4. The molecule has 1 N–H and O–H groups in total. The van der Waals surface area contributed by atoms with Gasteiger partial charge in [0.15, 0.2) is 5.75 Å². The van der Waals surface area contributed by atoms with E-state index in [9.17, 15) is 9.59 Å². The lowest BCUT2D eigenvalue weighted by molar-refractivity contribution is 0.0746. The average Bonchev–Trinajstić information content (AvgIpc) is 2.92. The van der Waals surface area contributed by atoms with Crippen LogP contribution in [0.25, 0.3) is 0 Å². The highest BCUT2D eigenvalue weighted by Gasteiger charge is 2.24. The lowest BCUT2D eigenvalue weighted by Gasteiger charge is -2.36. The number of amides is 2. The molecule has 0 aliphatic carbocycles. The van der Waals surface area contributed by atoms with E-state index >= 15 is 0 Å². The van der Waals surface area contributed by atoms with Crippen LogP contribution in [0, 0.1) is 0 Å². The number of nitrogens with zero attached hydrogens (tertiary/aromatic N) is 2. The number of hydrogen-bond acceptors (Lipinski definition) is 5. The molecule has 1 fully saturated rings. The van der Waals surface area contributed by atoms with Crippen LogP contribution in [-0.2, 0) is 0 Å². The minimum absolute atomic E-state index is 0.00501. The van der Waals surface area contributed by atoms with E-state index in [1.807, 2.05) is 30.0 Å². The maximum atomic E-state index is 13.0. The van der Waals surface area contributed by atoms with E-state index in [0.717, 1.165) is 17.9 Å². The normalized spacial score (nSPS) is 13.3. The second kappa shape index (κ2) is 12.6. The van der Waals surface area contributed by atoms with Crippen LogP contribution < -0.4 is 19.7 Å². The first kappa shape index (κ1) is 27.9. The number of anilines is 2. The van der Waals surface area contributed by atoms with Crippen LogP contribution in [0.3, 0.4) is 0 Å². The Bertz CT molecular complexity index is 1290. The maximum absolute atomic E-state index is 13.0. The van der Waals surface area contributed by atoms with E-state index in [1.54, 1.807) is 24.3 Å². The first-order valence-corrected chi connectivity index (χ1v) is 13.3. The van der Waals surface area contributed by atoms with Crippen molar-refractivity contribution >= 4 is 58.0 Å². The van der Waals surface area contributed by atoms with Crippen molar-refractivity contribution in [3.8, 4) is 11.5 Å². The van der Waals surface area contributed by atoms with Gasteiger partial charge in [-0.3, -0.25) is 9.59 Å². The summed E-state index contributed by atoms with van der Waals surface area (Å²) in [6, 6.07) is 15.6. The van der Waals surface area contributed by atoms with Gasteiger partial charge < -0.3 is 24.6 Å². The topological polar surface area (TPSA) is 71.1 Å². The third kappa shape index (κ3) is 6.46. The molecule has 4 rings (SSSR count). The molecule has 1 aliphatic rings. The molecule has 1 saturated heterocycles. The van der Waals surface area contributed by atoms with Crippen molar-refractivity contribution in [3.05, 3.63) is 80.8 Å². The lowest BCUT2D eigenvalue weighted by atomic mass is 10.1. The van der Waals surface area contributed by atoms with E-state index in [-0.39, 0.29) is 21.9 Å². The molecule has 0 radical (unpaired) electrons. The van der Waals surface area contributed by atoms with Crippen molar-refractivity contribution in [3.63, 3.8) is 0 Å². The van der Waals surface area contributed by atoms with E-state index < -0.39 is 0 Å². The highest BCUT2D eigenvalue weighted by molar-refractivity contribution is 6.38. The molecule has 200 valence electrons. The van der Waals surface area contributed by atoms with Gasteiger partial charge in [0.1, 0.15) is 5.75 Å². The van der Waals surface area contributed by atoms with Crippen LogP contribution in [0.2, 0.25) is 15.1 Å². The van der Waals surface area contributed by atoms with Crippen LogP contribution in [0.5, 0.6) is 11.5 Å². The number of methoxy groups -OCH3 is 1. The van der Waals surface area contributed by atoms with Gasteiger partial charge in [0.25, 0.3) is 11.8 Å². The molecule has 3 aromatic carbocycles. The summed E-state index contributed by atoms with van der Waals surface area (Å²) < 4.78 is 10.7. The average molecular weight is 577 g/mol. The van der Waals surface area contributed by atoms with E-state index in [2.05, 4.69) is 10.2 Å². The molecule has 10 heteroatoms. The second-order valence-electron chi connectivity index (χ2n) is 8.75. The summed E-state index contributed by atoms with van der Waals surface area (Å²) in [5.41, 5.74) is 2.31. The van der Waals surface area contributed by atoms with Gasteiger partial charge in [0, 0.05) is 43.0 Å². The second-order valence-corrected chi connectivity index (χ2v) is 9.97. The van der Waals surface area contributed by atoms with Crippen LogP contribution in [0.1, 0.15) is 34.1 Å². The number of ether oxygens (including phenoxy) is 2. The van der Waals surface area contributed by atoms with Gasteiger partial charge in [0.05, 0.1) is 34.5 Å². The molecule has 0 atom stereocenters. The third-order valence-corrected chi connectivity index (χ3v) is 7.02. The molecule has 0 aromatic heterocycles. The van der Waals surface area contributed by atoms with Crippen molar-refractivity contribution in [2.75, 3.05) is 50.1 Å². The Morgan fingerprint density at radius 3 is 2.11 bits per heavy atom. The summed E-state index contributed by atoms with van der Waals surface area (Å²) in [5.74, 6) is 0.694. The first-order chi connectivity index (χ1) is 18.3. The Balaban J connectivity index is 1.35. The van der Waals surface area contributed by atoms with Crippen molar-refractivity contribution in [2.24, 2.45) is 0 Å². The number of carbonyl (C=O) groups excluding carboxylic acids is 2. The van der Waals surface area contributed by atoms with Gasteiger partial charge in [-0.2, -0.15) is 0 Å². The monoisotopic (exact) mass is 575 g/mol. The first-order valence-electron chi connectivity index (χ1n) is 12.2. The minimum Gasteiger partial charge on any atom is -0.494 e. The predicted octanol–water partition coefficient (Wildman–Crippen LogP) is 6.66. The molecule has 2 amide bonds. The molecule has 7 nitrogen and oxygen atoms in total. The van der Waals surface area contributed by atoms with Crippen molar-refractivity contribution < 1.29 is 19.1 Å². The third-order valence-electron chi connectivity index (χ3n) is 6.15. The zero-order chi connectivity index (χ0) is 27.2. The van der Waals surface area contributed by atoms with Crippen molar-refractivity contribution in [2.45, 2.75) is 13.3 Å². The Morgan fingerprint density at radius 2 is 1.53 bits per heavy atom. The van der Waals surface area contributed by atoms with E-state index in [0.29, 0.717) is 60.4 Å². The number of piperazine rings is 1. The predicted molar refractivity (Wildman–Crippen MR) is 153 cm³/mol. The largest absolute Gasteiger partial charge is 0.494 e. The quantitative estimate of drug-likeness (QED) is 0.325. The molecule has 0 bridgehead atoms. The van der Waals surface area contributed by atoms with Gasteiger partial charge >= 0.3 is 0 Å². The number of carbonyl (C=O) groups is 2. The van der Waals surface area contributed by atoms with Gasteiger partial charge in [-0.1, -0.05) is 41.7 Å². The molecule has 0 spiro atoms. The fourth-order valence-electron chi connectivity index (χ4n) is 4.18. The van der Waals surface area contributed by atoms with Gasteiger partial charge in [0.2, 0.25) is 0 Å². The summed E-state index contributed by atoms with van der Waals surface area (Å²) in [5, 5.41) is 3.80. The Labute approximate surface area is 237 Å². The van der Waals surface area contributed by atoms with Crippen LogP contribution in [0.4, 0.5) is 11.4 Å². The van der Waals surface area contributed by atoms with E-state index in [4.69, 9.17) is 44.3 Å². The zero-order valence-electron chi connectivity index (χ0n) is 21.1. The highest BCUT2D eigenvalue weighted by atomic mass is 35.5. The number of rotatable bonds is 8. The highest BCUT2D eigenvalue weighted by Crippen LogP contribution is 2.34. The summed E-state index contributed by atoms with van der Waals surface area (Å²) in [7, 11) is 1.46. The van der Waals surface area contributed by atoms with Crippen LogP contribution >= 0.6 is 34.8 Å². The number of halogens is 3. The van der Waals surface area contributed by atoms with Crippen LogP contribution in [-0.4, -0.2) is 56.6 Å². The lowest BCUT2D eigenvalue weighted by Crippen LogP contribution is -2.48. The SMILES string of the molecule is CCCOc1ccc(C(=O)N2CCN(c3ccc(NC(=O)c4cc(Cl)c(OC)c(Cl)c4)cc3Cl)CC2)cc1. The molecule has 1 heterocycles. The fraction of sp³-hybridized carbons (Fsp3) is 0.286. The van der Waals surface area contributed by atoms with Crippen molar-refractivity contribution in [1.29, 1.82) is 0 Å². The van der Waals surface area contributed by atoms with Gasteiger partial charge in [-0.25, -0.2) is 0 Å². The summed E-state index contributed by atoms with van der Waals surface area (Å²) in [6.07, 6.45) is 0.931.